The zero-order valence-corrected chi connectivity index (χ0v) is 10.6. The SMILES string of the molecule is C=Cc1ncc2c(c1O)COC2C1CCCCC1. The van der Waals surface area contributed by atoms with Gasteiger partial charge in [-0.15, -0.1) is 0 Å². The lowest BCUT2D eigenvalue weighted by Gasteiger charge is -2.27. The Hall–Kier alpha value is -1.35. The van der Waals surface area contributed by atoms with E-state index in [1.165, 1.54) is 32.1 Å². The van der Waals surface area contributed by atoms with E-state index in [9.17, 15) is 5.11 Å². The summed E-state index contributed by atoms with van der Waals surface area (Å²) < 4.78 is 5.91. The van der Waals surface area contributed by atoms with E-state index < -0.39 is 0 Å². The molecule has 0 aromatic carbocycles. The number of rotatable bonds is 2. The Labute approximate surface area is 108 Å². The molecule has 1 fully saturated rings. The zero-order chi connectivity index (χ0) is 12.5. The Bertz CT molecular complexity index is 464. The average molecular weight is 245 g/mol. The van der Waals surface area contributed by atoms with E-state index in [-0.39, 0.29) is 11.9 Å². The highest BCUT2D eigenvalue weighted by Crippen LogP contribution is 2.45. The van der Waals surface area contributed by atoms with Crippen molar-refractivity contribution in [3.05, 3.63) is 29.6 Å². The summed E-state index contributed by atoms with van der Waals surface area (Å²) >= 11 is 0. The molecule has 96 valence electrons. The Morgan fingerprint density at radius 2 is 2.11 bits per heavy atom. The highest BCUT2D eigenvalue weighted by atomic mass is 16.5. The predicted octanol–water partition coefficient (Wildman–Crippen LogP) is 3.58. The summed E-state index contributed by atoms with van der Waals surface area (Å²) in [6.45, 7) is 4.17. The van der Waals surface area contributed by atoms with Gasteiger partial charge in [-0.1, -0.05) is 25.8 Å². The molecule has 1 aromatic heterocycles. The molecular weight excluding hydrogens is 226 g/mol. The van der Waals surface area contributed by atoms with Gasteiger partial charge < -0.3 is 9.84 Å². The average Bonchev–Trinajstić information content (AvgIpc) is 2.85. The summed E-state index contributed by atoms with van der Waals surface area (Å²) in [5, 5.41) is 10.1. The minimum Gasteiger partial charge on any atom is -0.505 e. The van der Waals surface area contributed by atoms with E-state index >= 15 is 0 Å². The number of aromatic hydroxyl groups is 1. The minimum atomic E-state index is 0.137. The van der Waals surface area contributed by atoms with Crippen molar-refractivity contribution in [3.63, 3.8) is 0 Å². The first-order chi connectivity index (χ1) is 8.81. The van der Waals surface area contributed by atoms with Crippen LogP contribution < -0.4 is 0 Å². The van der Waals surface area contributed by atoms with Crippen molar-refractivity contribution >= 4 is 6.08 Å². The first-order valence-electron chi connectivity index (χ1n) is 6.76. The van der Waals surface area contributed by atoms with E-state index in [0.29, 0.717) is 18.2 Å². The first-order valence-corrected chi connectivity index (χ1v) is 6.76. The van der Waals surface area contributed by atoms with Crippen LogP contribution in [0.3, 0.4) is 0 Å². The standard InChI is InChI=1S/C15H19NO2/c1-2-13-14(17)12-9-18-15(11(12)8-16-13)10-6-4-3-5-7-10/h2,8,10,15,17H,1,3-7,9H2. The number of fused-ring (bicyclic) bond motifs is 1. The van der Waals surface area contributed by atoms with Gasteiger partial charge in [-0.05, 0) is 24.8 Å². The molecule has 1 aromatic rings. The molecule has 0 spiro atoms. The summed E-state index contributed by atoms with van der Waals surface area (Å²) in [5.41, 5.74) is 2.56. The maximum Gasteiger partial charge on any atom is 0.147 e. The molecule has 18 heavy (non-hydrogen) atoms. The Morgan fingerprint density at radius 1 is 1.33 bits per heavy atom. The molecule has 1 saturated carbocycles. The van der Waals surface area contributed by atoms with Gasteiger partial charge in [0.1, 0.15) is 11.4 Å². The van der Waals surface area contributed by atoms with Crippen LogP contribution in [0.4, 0.5) is 0 Å². The third-order valence-electron chi connectivity index (χ3n) is 4.20. The van der Waals surface area contributed by atoms with Crippen LogP contribution in [-0.2, 0) is 11.3 Å². The second-order valence-corrected chi connectivity index (χ2v) is 5.26. The lowest BCUT2D eigenvalue weighted by Crippen LogP contribution is -2.15. The highest BCUT2D eigenvalue weighted by Gasteiger charge is 2.33. The van der Waals surface area contributed by atoms with Gasteiger partial charge in [0.05, 0.1) is 12.7 Å². The second-order valence-electron chi connectivity index (χ2n) is 5.26. The van der Waals surface area contributed by atoms with Gasteiger partial charge in [-0.25, -0.2) is 0 Å². The monoisotopic (exact) mass is 245 g/mol. The van der Waals surface area contributed by atoms with Crippen molar-refractivity contribution in [3.8, 4) is 5.75 Å². The van der Waals surface area contributed by atoms with E-state index in [1.54, 1.807) is 6.08 Å². The van der Waals surface area contributed by atoms with Crippen molar-refractivity contribution in [2.24, 2.45) is 5.92 Å². The van der Waals surface area contributed by atoms with Gasteiger partial charge in [-0.3, -0.25) is 4.98 Å². The van der Waals surface area contributed by atoms with Gasteiger partial charge >= 0.3 is 0 Å². The number of nitrogens with zero attached hydrogens (tertiary/aromatic N) is 1. The third-order valence-corrected chi connectivity index (χ3v) is 4.20. The summed E-state index contributed by atoms with van der Waals surface area (Å²) in [7, 11) is 0. The van der Waals surface area contributed by atoms with Crippen molar-refractivity contribution in [1.29, 1.82) is 0 Å². The van der Waals surface area contributed by atoms with E-state index in [1.807, 2.05) is 6.20 Å². The normalized spacial score (nSPS) is 23.9. The van der Waals surface area contributed by atoms with E-state index in [2.05, 4.69) is 11.6 Å². The molecule has 3 rings (SSSR count). The molecule has 1 aliphatic heterocycles. The highest BCUT2D eigenvalue weighted by molar-refractivity contribution is 5.56. The zero-order valence-electron chi connectivity index (χ0n) is 10.6. The Balaban J connectivity index is 1.92. The molecule has 1 atom stereocenters. The van der Waals surface area contributed by atoms with E-state index in [0.717, 1.165) is 11.1 Å². The maximum atomic E-state index is 10.1. The summed E-state index contributed by atoms with van der Waals surface area (Å²) in [6.07, 6.45) is 9.98. The molecule has 3 heteroatoms. The fraction of sp³-hybridized carbons (Fsp3) is 0.533. The van der Waals surface area contributed by atoms with Crippen LogP contribution in [0.2, 0.25) is 0 Å². The minimum absolute atomic E-state index is 0.137. The van der Waals surface area contributed by atoms with Gasteiger partial charge in [0.2, 0.25) is 0 Å². The van der Waals surface area contributed by atoms with Gasteiger partial charge in [0, 0.05) is 17.3 Å². The van der Waals surface area contributed by atoms with Crippen LogP contribution in [0.5, 0.6) is 5.75 Å². The Morgan fingerprint density at radius 3 is 2.83 bits per heavy atom. The summed E-state index contributed by atoms with van der Waals surface area (Å²) in [5.74, 6) is 0.844. The van der Waals surface area contributed by atoms with Gasteiger partial charge in [0.25, 0.3) is 0 Å². The lowest BCUT2D eigenvalue weighted by atomic mass is 9.83. The van der Waals surface area contributed by atoms with Crippen LogP contribution >= 0.6 is 0 Å². The topological polar surface area (TPSA) is 42.4 Å². The fourth-order valence-electron chi connectivity index (χ4n) is 3.21. The van der Waals surface area contributed by atoms with Gasteiger partial charge in [0.15, 0.2) is 0 Å². The predicted molar refractivity (Wildman–Crippen MR) is 70.1 cm³/mol. The smallest absolute Gasteiger partial charge is 0.147 e. The Kier molecular flexibility index (Phi) is 3.08. The molecule has 1 unspecified atom stereocenters. The maximum absolute atomic E-state index is 10.1. The fourth-order valence-corrected chi connectivity index (χ4v) is 3.21. The van der Waals surface area contributed by atoms with Gasteiger partial charge in [-0.2, -0.15) is 0 Å². The van der Waals surface area contributed by atoms with Crippen LogP contribution in [0.15, 0.2) is 12.8 Å². The number of hydrogen-bond donors (Lipinski definition) is 1. The molecule has 1 aliphatic carbocycles. The van der Waals surface area contributed by atoms with Crippen LogP contribution in [0, 0.1) is 5.92 Å². The number of hydrogen-bond acceptors (Lipinski definition) is 3. The largest absolute Gasteiger partial charge is 0.505 e. The summed E-state index contributed by atoms with van der Waals surface area (Å²) in [6, 6.07) is 0. The molecule has 0 radical (unpaired) electrons. The first kappa shape index (κ1) is 11.7. The molecule has 1 N–H and O–H groups in total. The van der Waals surface area contributed by atoms with E-state index in [4.69, 9.17) is 4.74 Å². The van der Waals surface area contributed by atoms with Crippen molar-refractivity contribution in [2.75, 3.05) is 0 Å². The molecule has 0 bridgehead atoms. The van der Waals surface area contributed by atoms with Crippen LogP contribution in [0.25, 0.3) is 6.08 Å². The third kappa shape index (κ3) is 1.83. The molecule has 3 nitrogen and oxygen atoms in total. The molecule has 2 aliphatic rings. The molecular formula is C15H19NO2. The number of aromatic nitrogens is 1. The molecule has 0 amide bonds. The quantitative estimate of drug-likeness (QED) is 0.866. The van der Waals surface area contributed by atoms with Crippen molar-refractivity contribution < 1.29 is 9.84 Å². The molecule has 0 saturated heterocycles. The van der Waals surface area contributed by atoms with Crippen molar-refractivity contribution in [1.82, 2.24) is 4.98 Å². The number of ether oxygens (including phenoxy) is 1. The lowest BCUT2D eigenvalue weighted by molar-refractivity contribution is 0.0102. The summed E-state index contributed by atoms with van der Waals surface area (Å²) in [4.78, 5) is 4.27. The molecule has 2 heterocycles. The van der Waals surface area contributed by atoms with Crippen molar-refractivity contribution in [2.45, 2.75) is 44.8 Å². The van der Waals surface area contributed by atoms with Crippen LogP contribution in [-0.4, -0.2) is 10.1 Å². The van der Waals surface area contributed by atoms with Crippen LogP contribution in [0.1, 0.15) is 55.0 Å². The second kappa shape index (κ2) is 4.73. The number of pyridine rings is 1.